The summed E-state index contributed by atoms with van der Waals surface area (Å²) in [6, 6.07) is 7.83. The highest BCUT2D eigenvalue weighted by Gasteiger charge is 2.20. The van der Waals surface area contributed by atoms with Crippen LogP contribution in [0.3, 0.4) is 0 Å². The molecule has 0 aliphatic carbocycles. The predicted octanol–water partition coefficient (Wildman–Crippen LogP) is 4.39. The summed E-state index contributed by atoms with van der Waals surface area (Å²) in [5.41, 5.74) is -0.595. The average Bonchev–Trinajstić information content (AvgIpc) is 3.04. The number of amides is 1. The van der Waals surface area contributed by atoms with Crippen LogP contribution in [0.5, 0.6) is 0 Å². The first kappa shape index (κ1) is 17.9. The van der Waals surface area contributed by atoms with Crippen molar-refractivity contribution in [2.24, 2.45) is 0 Å². The first-order valence-electron chi connectivity index (χ1n) is 7.28. The van der Waals surface area contributed by atoms with E-state index in [2.05, 4.69) is 10.4 Å². The second-order valence-corrected chi connectivity index (χ2v) is 5.69. The van der Waals surface area contributed by atoms with Crippen molar-refractivity contribution in [3.05, 3.63) is 82.0 Å². The summed E-state index contributed by atoms with van der Waals surface area (Å²) in [5, 5.41) is 6.61. The third kappa shape index (κ3) is 3.55. The zero-order chi connectivity index (χ0) is 18.8. The van der Waals surface area contributed by atoms with Crippen LogP contribution < -0.4 is 5.32 Å². The largest absolute Gasteiger partial charge is 0.305 e. The molecule has 1 N–H and O–H groups in total. The van der Waals surface area contributed by atoms with E-state index in [1.54, 1.807) is 18.2 Å². The molecule has 0 fully saturated rings. The Kier molecular flexibility index (Phi) is 4.94. The molecule has 1 aromatic heterocycles. The zero-order valence-corrected chi connectivity index (χ0v) is 13.7. The number of halogens is 5. The van der Waals surface area contributed by atoms with Gasteiger partial charge in [0, 0.05) is 18.3 Å². The minimum absolute atomic E-state index is 0.0765. The Bertz CT molecular complexity index is 964. The van der Waals surface area contributed by atoms with Crippen LogP contribution in [-0.2, 0) is 6.54 Å². The van der Waals surface area contributed by atoms with Crippen molar-refractivity contribution in [3.63, 3.8) is 0 Å². The fourth-order valence-electron chi connectivity index (χ4n) is 2.27. The van der Waals surface area contributed by atoms with Gasteiger partial charge >= 0.3 is 0 Å². The Morgan fingerprint density at radius 3 is 2.38 bits per heavy atom. The monoisotopic (exact) mass is 383 g/mol. The normalized spacial score (nSPS) is 10.8. The van der Waals surface area contributed by atoms with Crippen LogP contribution in [0.1, 0.15) is 15.9 Å². The molecule has 3 aromatic rings. The van der Waals surface area contributed by atoms with E-state index in [4.69, 9.17) is 11.6 Å². The molecular formula is C17H10ClF4N3O. The SMILES string of the molecule is O=C(Nc1ccn(Cc2c(F)c(F)cc(F)c2F)n1)c1ccccc1Cl. The van der Waals surface area contributed by atoms with Crippen LogP contribution in [0.15, 0.2) is 42.6 Å². The summed E-state index contributed by atoms with van der Waals surface area (Å²) in [6.07, 6.45) is 1.30. The molecule has 1 amide bonds. The van der Waals surface area contributed by atoms with Crippen LogP contribution in [0.2, 0.25) is 5.02 Å². The molecule has 0 saturated heterocycles. The number of rotatable bonds is 4. The van der Waals surface area contributed by atoms with Gasteiger partial charge in [-0.05, 0) is 12.1 Å². The zero-order valence-electron chi connectivity index (χ0n) is 12.9. The maximum Gasteiger partial charge on any atom is 0.258 e. The summed E-state index contributed by atoms with van der Waals surface area (Å²) >= 11 is 5.92. The maximum atomic E-state index is 13.7. The highest BCUT2D eigenvalue weighted by Crippen LogP contribution is 2.21. The fraction of sp³-hybridized carbons (Fsp3) is 0.0588. The molecule has 0 atom stereocenters. The molecule has 3 rings (SSSR count). The summed E-state index contributed by atoms with van der Waals surface area (Å²) in [7, 11) is 0. The minimum Gasteiger partial charge on any atom is -0.305 e. The Hall–Kier alpha value is -2.87. The van der Waals surface area contributed by atoms with Gasteiger partial charge in [-0.25, -0.2) is 17.6 Å². The average molecular weight is 384 g/mol. The van der Waals surface area contributed by atoms with Gasteiger partial charge in [0.2, 0.25) is 0 Å². The van der Waals surface area contributed by atoms with Crippen molar-refractivity contribution >= 4 is 23.3 Å². The van der Waals surface area contributed by atoms with Crippen LogP contribution >= 0.6 is 11.6 Å². The van der Waals surface area contributed by atoms with E-state index in [1.807, 2.05) is 0 Å². The molecule has 0 radical (unpaired) electrons. The number of carbonyl (C=O) groups is 1. The lowest BCUT2D eigenvalue weighted by molar-refractivity contribution is 0.102. The van der Waals surface area contributed by atoms with Gasteiger partial charge in [-0.1, -0.05) is 23.7 Å². The van der Waals surface area contributed by atoms with E-state index in [1.165, 1.54) is 18.3 Å². The summed E-state index contributed by atoms with van der Waals surface area (Å²) in [5.74, 6) is -6.46. The quantitative estimate of drug-likeness (QED) is 0.536. The molecule has 0 unspecified atom stereocenters. The molecule has 0 bridgehead atoms. The lowest BCUT2D eigenvalue weighted by Gasteiger charge is -2.07. The number of hydrogen-bond acceptors (Lipinski definition) is 2. The summed E-state index contributed by atoms with van der Waals surface area (Å²) < 4.78 is 54.9. The van der Waals surface area contributed by atoms with E-state index >= 15 is 0 Å². The van der Waals surface area contributed by atoms with Gasteiger partial charge in [0.1, 0.15) is 0 Å². The number of hydrogen-bond donors (Lipinski definition) is 1. The Morgan fingerprint density at radius 1 is 1.08 bits per heavy atom. The molecule has 134 valence electrons. The molecule has 0 spiro atoms. The number of benzene rings is 2. The van der Waals surface area contributed by atoms with Crippen molar-refractivity contribution in [2.75, 3.05) is 5.32 Å². The van der Waals surface area contributed by atoms with Crippen molar-refractivity contribution in [1.29, 1.82) is 0 Å². The van der Waals surface area contributed by atoms with Gasteiger partial charge in [0.15, 0.2) is 29.1 Å². The standard InChI is InChI=1S/C17H10ClF4N3O/c18-11-4-2-1-3-9(11)17(26)23-14-5-6-25(24-14)8-10-15(21)12(19)7-13(20)16(10)22/h1-7H,8H2,(H,23,24,26). The van der Waals surface area contributed by atoms with Gasteiger partial charge < -0.3 is 5.32 Å². The third-order valence-corrected chi connectivity index (χ3v) is 3.85. The van der Waals surface area contributed by atoms with Gasteiger partial charge in [0.25, 0.3) is 5.91 Å². The molecule has 0 aliphatic heterocycles. The molecule has 1 heterocycles. The Morgan fingerprint density at radius 2 is 1.73 bits per heavy atom. The third-order valence-electron chi connectivity index (χ3n) is 3.52. The second kappa shape index (κ2) is 7.17. The topological polar surface area (TPSA) is 46.9 Å². The summed E-state index contributed by atoms with van der Waals surface area (Å²) in [4.78, 5) is 12.1. The molecule has 9 heteroatoms. The molecule has 26 heavy (non-hydrogen) atoms. The van der Waals surface area contributed by atoms with Crippen LogP contribution in [-0.4, -0.2) is 15.7 Å². The Labute approximate surface area is 150 Å². The van der Waals surface area contributed by atoms with Gasteiger partial charge in [-0.2, -0.15) is 5.10 Å². The van der Waals surface area contributed by atoms with E-state index in [9.17, 15) is 22.4 Å². The number of nitrogens with one attached hydrogen (secondary N) is 1. The molecule has 0 aliphatic rings. The smallest absolute Gasteiger partial charge is 0.258 e. The summed E-state index contributed by atoms with van der Waals surface area (Å²) in [6.45, 7) is -0.561. The van der Waals surface area contributed by atoms with Gasteiger partial charge in [0.05, 0.1) is 22.7 Å². The van der Waals surface area contributed by atoms with Crippen LogP contribution in [0, 0.1) is 23.3 Å². The molecule has 4 nitrogen and oxygen atoms in total. The number of aromatic nitrogens is 2. The number of carbonyl (C=O) groups excluding carboxylic acids is 1. The maximum absolute atomic E-state index is 13.7. The van der Waals surface area contributed by atoms with E-state index in [0.29, 0.717) is 0 Å². The Balaban J connectivity index is 1.79. The predicted molar refractivity (Wildman–Crippen MR) is 87.0 cm³/mol. The minimum atomic E-state index is -1.50. The highest BCUT2D eigenvalue weighted by atomic mass is 35.5. The van der Waals surface area contributed by atoms with Crippen molar-refractivity contribution in [1.82, 2.24) is 9.78 Å². The lowest BCUT2D eigenvalue weighted by Crippen LogP contribution is -2.14. The highest BCUT2D eigenvalue weighted by molar-refractivity contribution is 6.34. The fourth-order valence-corrected chi connectivity index (χ4v) is 2.49. The molecular weight excluding hydrogens is 374 g/mol. The van der Waals surface area contributed by atoms with Crippen molar-refractivity contribution in [2.45, 2.75) is 6.54 Å². The number of anilines is 1. The van der Waals surface area contributed by atoms with E-state index < -0.39 is 41.3 Å². The molecule has 2 aromatic carbocycles. The molecule has 0 saturated carbocycles. The first-order valence-corrected chi connectivity index (χ1v) is 7.66. The van der Waals surface area contributed by atoms with Crippen molar-refractivity contribution < 1.29 is 22.4 Å². The van der Waals surface area contributed by atoms with Crippen molar-refractivity contribution in [3.8, 4) is 0 Å². The van der Waals surface area contributed by atoms with Crippen LogP contribution in [0.25, 0.3) is 0 Å². The van der Waals surface area contributed by atoms with Gasteiger partial charge in [-0.3, -0.25) is 9.48 Å². The lowest BCUT2D eigenvalue weighted by atomic mass is 10.2. The van der Waals surface area contributed by atoms with Gasteiger partial charge in [-0.15, -0.1) is 0 Å². The van der Waals surface area contributed by atoms with Crippen LogP contribution in [0.4, 0.5) is 23.4 Å². The second-order valence-electron chi connectivity index (χ2n) is 5.28. The first-order chi connectivity index (χ1) is 12.4. The number of nitrogens with zero attached hydrogens (tertiary/aromatic N) is 2. The van der Waals surface area contributed by atoms with E-state index in [-0.39, 0.29) is 22.5 Å². The van der Waals surface area contributed by atoms with E-state index in [0.717, 1.165) is 4.68 Å².